The molecule has 0 aliphatic carbocycles. The molecule has 1 aromatic carbocycles. The number of β-lactam (4-membered cyclic amide) rings is 1. The first-order chi connectivity index (χ1) is 18.8. The molecule has 4 rings (SSSR count). The van der Waals surface area contributed by atoms with Crippen molar-refractivity contribution in [3.8, 4) is 5.75 Å². The lowest BCUT2D eigenvalue weighted by molar-refractivity contribution is -0.175. The van der Waals surface area contributed by atoms with Gasteiger partial charge >= 0.3 is 23.8 Å². The fourth-order valence-electron chi connectivity index (χ4n) is 5.08. The molecular weight excluding hydrogens is 548 g/mol. The minimum absolute atomic E-state index is 0.0982. The second kappa shape index (κ2) is 10.3. The number of carbonyl (C=O) groups excluding carboxylic acids is 6. The number of aliphatic carboxylic acids is 1. The summed E-state index contributed by atoms with van der Waals surface area (Å²) in [6.07, 6.45) is 0.195. The second-order valence-electron chi connectivity index (χ2n) is 9.81. The Morgan fingerprint density at radius 1 is 1.12 bits per heavy atom. The van der Waals surface area contributed by atoms with Crippen LogP contribution in [0.4, 0.5) is 4.79 Å². The van der Waals surface area contributed by atoms with Crippen LogP contribution in [0.15, 0.2) is 24.3 Å². The summed E-state index contributed by atoms with van der Waals surface area (Å²) in [7, 11) is 0. The lowest BCUT2D eigenvalue weighted by atomic mass is 9.88. The molecule has 0 radical (unpaired) electrons. The van der Waals surface area contributed by atoms with E-state index in [9.17, 15) is 43.8 Å². The van der Waals surface area contributed by atoms with Gasteiger partial charge in [-0.1, -0.05) is 12.1 Å². The van der Waals surface area contributed by atoms with Crippen molar-refractivity contribution in [1.29, 1.82) is 0 Å². The van der Waals surface area contributed by atoms with Crippen LogP contribution in [0.5, 0.6) is 5.75 Å². The van der Waals surface area contributed by atoms with Gasteiger partial charge in [-0.05, 0) is 38.5 Å². The highest BCUT2D eigenvalue weighted by molar-refractivity contribution is 8.01. The first-order valence-corrected chi connectivity index (χ1v) is 13.1. The van der Waals surface area contributed by atoms with Gasteiger partial charge in [-0.15, -0.1) is 11.8 Å². The number of piperazine rings is 1. The maximum atomic E-state index is 13.5. The Labute approximate surface area is 232 Å². The number of carbonyl (C=O) groups is 7. The normalized spacial score (nSPS) is 26.0. The molecule has 4 atom stereocenters. The lowest BCUT2D eigenvalue weighted by Gasteiger charge is -2.49. The number of nitrogens with zero attached hydrogens (tertiary/aromatic N) is 3. The number of carboxylic acid groups (broad SMARTS) is 1. The third kappa shape index (κ3) is 4.37. The topological polar surface area (TPSA) is 206 Å². The van der Waals surface area contributed by atoms with E-state index >= 15 is 0 Å². The monoisotopic (exact) mass is 576 g/mol. The van der Waals surface area contributed by atoms with Crippen LogP contribution in [-0.2, 0) is 28.8 Å². The van der Waals surface area contributed by atoms with Gasteiger partial charge in [0, 0.05) is 19.6 Å². The molecule has 3 aliphatic heterocycles. The van der Waals surface area contributed by atoms with Crippen molar-refractivity contribution in [3.05, 3.63) is 29.8 Å². The van der Waals surface area contributed by atoms with E-state index in [1.54, 1.807) is 20.8 Å². The number of imide groups is 1. The maximum Gasteiger partial charge on any atom is 0.352 e. The van der Waals surface area contributed by atoms with Gasteiger partial charge in [-0.25, -0.2) is 9.59 Å². The van der Waals surface area contributed by atoms with Crippen molar-refractivity contribution in [2.75, 3.05) is 19.6 Å². The zero-order valence-electron chi connectivity index (χ0n) is 21.7. The quantitative estimate of drug-likeness (QED) is 0.138. The Morgan fingerprint density at radius 3 is 2.35 bits per heavy atom. The molecule has 40 heavy (non-hydrogen) atoms. The molecule has 15 nitrogen and oxygen atoms in total. The number of phenols is 1. The minimum atomic E-state index is -2.06. The first kappa shape index (κ1) is 28.7. The predicted octanol–water partition coefficient (Wildman–Crippen LogP) is -1.46. The van der Waals surface area contributed by atoms with Gasteiger partial charge in [0.15, 0.2) is 0 Å². The second-order valence-corrected chi connectivity index (χ2v) is 11.5. The van der Waals surface area contributed by atoms with Gasteiger partial charge < -0.3 is 31.1 Å². The summed E-state index contributed by atoms with van der Waals surface area (Å²) < 4.78 is -1.18. The van der Waals surface area contributed by atoms with Gasteiger partial charge in [0.05, 0.1) is 4.75 Å². The number of amides is 7. The molecule has 0 bridgehead atoms. The summed E-state index contributed by atoms with van der Waals surface area (Å²) in [5.74, 6) is -5.11. The van der Waals surface area contributed by atoms with Crippen molar-refractivity contribution in [3.63, 3.8) is 0 Å². The predicted molar refractivity (Wildman–Crippen MR) is 137 cm³/mol. The zero-order chi connectivity index (χ0) is 29.6. The van der Waals surface area contributed by atoms with E-state index in [-0.39, 0.29) is 37.4 Å². The first-order valence-electron chi connectivity index (χ1n) is 12.3. The third-order valence-electron chi connectivity index (χ3n) is 7.26. The van der Waals surface area contributed by atoms with Crippen LogP contribution >= 0.6 is 11.8 Å². The van der Waals surface area contributed by atoms with Crippen molar-refractivity contribution < 1.29 is 43.8 Å². The van der Waals surface area contributed by atoms with E-state index in [0.717, 1.165) is 16.7 Å². The molecule has 3 fully saturated rings. The standard InChI is InChI=1S/C24H28N6O9S/c1-4-28-9-10-29(19(36)18(28)35)22(39)27-14(12-5-7-13(32)8-6-12)16(33)26-15-17(34)30-20(15)40-23(2,3)24(30,21(37)38)25-11-31/h5-8,11,14-15,20,32H,4,9-10H2,1-3H3,(H,25,31)(H,26,33)(H,27,39)(H,37,38)/t14?,15-,20-,24+/m1/s1. The Bertz CT molecular complexity index is 1290. The summed E-state index contributed by atoms with van der Waals surface area (Å²) in [6, 6.07) is 1.59. The minimum Gasteiger partial charge on any atom is -0.508 e. The SMILES string of the molecule is CCN1CCN(C(=O)NC(C(=O)N[C@@H]2C(=O)N3[C@@H]2SC(C)(C)[C@]3(NC=O)C(=O)O)c2ccc(O)cc2)C(=O)C1=O. The van der Waals surface area contributed by atoms with E-state index < -0.39 is 63.5 Å². The largest absolute Gasteiger partial charge is 0.508 e. The smallest absolute Gasteiger partial charge is 0.352 e. The third-order valence-corrected chi connectivity index (χ3v) is 8.87. The number of hydrogen-bond acceptors (Lipinski definition) is 9. The zero-order valence-corrected chi connectivity index (χ0v) is 22.6. The van der Waals surface area contributed by atoms with Crippen molar-refractivity contribution in [2.45, 2.75) is 48.6 Å². The summed E-state index contributed by atoms with van der Waals surface area (Å²) in [6.45, 7) is 5.08. The highest BCUT2D eigenvalue weighted by Gasteiger charge is 2.73. The maximum absolute atomic E-state index is 13.5. The van der Waals surface area contributed by atoms with Gasteiger partial charge in [0.2, 0.25) is 18.0 Å². The lowest BCUT2D eigenvalue weighted by Crippen LogP contribution is -2.79. The Balaban J connectivity index is 1.57. The molecule has 3 saturated heterocycles. The highest BCUT2D eigenvalue weighted by Crippen LogP contribution is 2.55. The van der Waals surface area contributed by atoms with E-state index in [2.05, 4.69) is 16.0 Å². The van der Waals surface area contributed by atoms with Gasteiger partial charge in [-0.3, -0.25) is 33.8 Å². The van der Waals surface area contributed by atoms with Crippen LogP contribution < -0.4 is 16.0 Å². The van der Waals surface area contributed by atoms with Crippen LogP contribution in [-0.4, -0.2) is 108 Å². The number of benzene rings is 1. The van der Waals surface area contributed by atoms with Gasteiger partial charge in [0.25, 0.3) is 5.91 Å². The van der Waals surface area contributed by atoms with E-state index in [1.165, 1.54) is 29.2 Å². The molecular formula is C24H28N6O9S. The number of phenolic OH excluding ortho intramolecular Hbond substituents is 1. The molecule has 214 valence electrons. The Hall–Kier alpha value is -4.34. The molecule has 1 aromatic rings. The average Bonchev–Trinajstić information content (AvgIpc) is 3.12. The number of aromatic hydroxyl groups is 1. The van der Waals surface area contributed by atoms with Crippen molar-refractivity contribution >= 4 is 53.8 Å². The molecule has 0 spiro atoms. The summed E-state index contributed by atoms with van der Waals surface area (Å²) in [5, 5.41) is 26.0. The molecule has 3 aliphatic rings. The number of thioether (sulfide) groups is 1. The number of carboxylic acids is 1. The Morgan fingerprint density at radius 2 is 1.77 bits per heavy atom. The van der Waals surface area contributed by atoms with E-state index in [0.29, 0.717) is 4.90 Å². The van der Waals surface area contributed by atoms with Crippen LogP contribution in [0.3, 0.4) is 0 Å². The highest BCUT2D eigenvalue weighted by atomic mass is 32.2. The summed E-state index contributed by atoms with van der Waals surface area (Å²) >= 11 is 1.07. The molecule has 7 amide bonds. The van der Waals surface area contributed by atoms with Crippen LogP contribution in [0.25, 0.3) is 0 Å². The fourth-order valence-corrected chi connectivity index (χ4v) is 6.78. The molecule has 1 unspecified atom stereocenters. The number of urea groups is 1. The summed E-state index contributed by atoms with van der Waals surface area (Å²) in [5.41, 5.74) is -1.86. The molecule has 3 heterocycles. The van der Waals surface area contributed by atoms with Crippen LogP contribution in [0.1, 0.15) is 32.4 Å². The van der Waals surface area contributed by atoms with Gasteiger partial charge in [-0.2, -0.15) is 0 Å². The molecule has 5 N–H and O–H groups in total. The number of fused-ring (bicyclic) bond motifs is 1. The average molecular weight is 577 g/mol. The van der Waals surface area contributed by atoms with Crippen LogP contribution in [0.2, 0.25) is 0 Å². The molecule has 16 heteroatoms. The fraction of sp³-hybridized carbons (Fsp3) is 0.458. The van der Waals surface area contributed by atoms with Crippen LogP contribution in [0, 0.1) is 0 Å². The van der Waals surface area contributed by atoms with E-state index in [1.807, 2.05) is 0 Å². The Kier molecular flexibility index (Phi) is 7.40. The number of likely N-dealkylation sites (N-methyl/N-ethyl adjacent to an activating group) is 1. The van der Waals surface area contributed by atoms with Crippen molar-refractivity contribution in [1.82, 2.24) is 30.7 Å². The summed E-state index contributed by atoms with van der Waals surface area (Å²) in [4.78, 5) is 90.9. The number of nitrogens with one attached hydrogen (secondary N) is 3. The number of rotatable bonds is 8. The van der Waals surface area contributed by atoms with E-state index in [4.69, 9.17) is 0 Å². The molecule has 0 saturated carbocycles. The van der Waals surface area contributed by atoms with Crippen molar-refractivity contribution in [2.24, 2.45) is 0 Å². The number of hydrogen-bond donors (Lipinski definition) is 5. The van der Waals surface area contributed by atoms with Gasteiger partial charge in [0.1, 0.15) is 23.2 Å². The molecule has 0 aromatic heterocycles.